The Morgan fingerprint density at radius 1 is 0.879 bits per heavy atom. The van der Waals surface area contributed by atoms with Gasteiger partial charge in [-0.1, -0.05) is 40.2 Å². The third kappa shape index (κ3) is 2.98. The Balaban J connectivity index is 1.57. The van der Waals surface area contributed by atoms with Crippen molar-refractivity contribution < 1.29 is 19.8 Å². The standard InChI is InChI=1S/C29H44O4/c1-25(2)21-8-11-28(5)18-7-10-26(3)13-14-27(4,24(32)33)16-19(26)17(18)15-20(30)23(28)29(21,6)12-9-22(25)31/h15,18-19,21-23,31H,7-14,16H2,1-6H3,(H,32,33)/t18?,19?,21?,22?,23?,26?,27-,28?,29?/m0/s1. The number of hydrogen-bond acceptors (Lipinski definition) is 3. The molecule has 4 saturated carbocycles. The number of carboxylic acids is 1. The van der Waals surface area contributed by atoms with E-state index in [4.69, 9.17) is 0 Å². The zero-order chi connectivity index (χ0) is 24.2. The first kappa shape index (κ1) is 23.6. The van der Waals surface area contributed by atoms with E-state index in [0.717, 1.165) is 51.4 Å². The minimum atomic E-state index is -0.694. The number of ketones is 1. The molecule has 0 amide bonds. The van der Waals surface area contributed by atoms with Gasteiger partial charge in [0.25, 0.3) is 0 Å². The number of carbonyl (C=O) groups excluding carboxylic acids is 1. The fourth-order valence-electron chi connectivity index (χ4n) is 10.1. The van der Waals surface area contributed by atoms with Crippen LogP contribution in [0.5, 0.6) is 0 Å². The Hall–Kier alpha value is -1.16. The first-order valence-corrected chi connectivity index (χ1v) is 13.4. The van der Waals surface area contributed by atoms with E-state index in [0.29, 0.717) is 18.3 Å². The van der Waals surface area contributed by atoms with E-state index in [2.05, 4.69) is 34.6 Å². The Kier molecular flexibility index (Phi) is 4.97. The van der Waals surface area contributed by atoms with Crippen LogP contribution in [0.25, 0.3) is 0 Å². The minimum Gasteiger partial charge on any atom is -0.481 e. The van der Waals surface area contributed by atoms with Crippen LogP contribution in [0.1, 0.15) is 99.3 Å². The highest BCUT2D eigenvalue weighted by molar-refractivity contribution is 5.95. The fraction of sp³-hybridized carbons (Fsp3) is 0.862. The van der Waals surface area contributed by atoms with E-state index in [1.54, 1.807) is 0 Å². The highest BCUT2D eigenvalue weighted by atomic mass is 16.4. The smallest absolute Gasteiger partial charge is 0.309 e. The number of fused-ring (bicyclic) bond motifs is 7. The highest BCUT2D eigenvalue weighted by Gasteiger charge is 2.67. The summed E-state index contributed by atoms with van der Waals surface area (Å²) in [6.45, 7) is 13.4. The van der Waals surface area contributed by atoms with Gasteiger partial charge in [-0.2, -0.15) is 0 Å². The molecule has 184 valence electrons. The van der Waals surface area contributed by atoms with Crippen molar-refractivity contribution in [2.45, 2.75) is 105 Å². The topological polar surface area (TPSA) is 74.6 Å². The third-order valence-electron chi connectivity index (χ3n) is 12.3. The average molecular weight is 457 g/mol. The molecule has 0 radical (unpaired) electrons. The summed E-state index contributed by atoms with van der Waals surface area (Å²) < 4.78 is 0. The largest absolute Gasteiger partial charge is 0.481 e. The van der Waals surface area contributed by atoms with E-state index >= 15 is 0 Å². The molecular weight excluding hydrogens is 412 g/mol. The van der Waals surface area contributed by atoms with Gasteiger partial charge in [-0.25, -0.2) is 0 Å². The lowest BCUT2D eigenvalue weighted by atomic mass is 9.37. The molecule has 4 nitrogen and oxygen atoms in total. The zero-order valence-corrected chi connectivity index (χ0v) is 21.5. The number of aliphatic hydroxyl groups is 1. The molecule has 4 fully saturated rings. The second kappa shape index (κ2) is 6.95. The van der Waals surface area contributed by atoms with Gasteiger partial charge in [-0.05, 0) is 110 Å². The lowest BCUT2D eigenvalue weighted by molar-refractivity contribution is -0.188. The number of allylic oxidation sites excluding steroid dienone is 2. The number of carbonyl (C=O) groups is 2. The summed E-state index contributed by atoms with van der Waals surface area (Å²) in [5.74, 6) is 0.530. The van der Waals surface area contributed by atoms with Gasteiger partial charge in [0.2, 0.25) is 0 Å². The van der Waals surface area contributed by atoms with E-state index in [1.165, 1.54) is 5.57 Å². The molecule has 5 rings (SSSR count). The van der Waals surface area contributed by atoms with Crippen LogP contribution >= 0.6 is 0 Å². The number of carboxylic acid groups (broad SMARTS) is 1. The van der Waals surface area contributed by atoms with E-state index in [1.807, 2.05) is 13.0 Å². The summed E-state index contributed by atoms with van der Waals surface area (Å²) >= 11 is 0. The van der Waals surface area contributed by atoms with Gasteiger partial charge < -0.3 is 10.2 Å². The number of rotatable bonds is 1. The van der Waals surface area contributed by atoms with Crippen LogP contribution in [0.4, 0.5) is 0 Å². The van der Waals surface area contributed by atoms with Crippen LogP contribution in [0, 0.1) is 50.7 Å². The predicted octanol–water partition coefficient (Wildman–Crippen LogP) is 6.02. The molecule has 2 N–H and O–H groups in total. The molecule has 33 heavy (non-hydrogen) atoms. The van der Waals surface area contributed by atoms with Crippen molar-refractivity contribution in [1.29, 1.82) is 0 Å². The summed E-state index contributed by atoms with van der Waals surface area (Å²) in [5.41, 5.74) is 0.383. The van der Waals surface area contributed by atoms with Gasteiger partial charge in [0.1, 0.15) is 0 Å². The van der Waals surface area contributed by atoms with Crippen LogP contribution in [0.2, 0.25) is 0 Å². The van der Waals surface area contributed by atoms with Crippen LogP contribution in [-0.4, -0.2) is 28.1 Å². The maximum atomic E-state index is 14.1. The predicted molar refractivity (Wildman–Crippen MR) is 128 cm³/mol. The zero-order valence-electron chi connectivity index (χ0n) is 21.5. The molecule has 5 aliphatic carbocycles. The first-order chi connectivity index (χ1) is 15.2. The van der Waals surface area contributed by atoms with Gasteiger partial charge in [0.05, 0.1) is 11.5 Å². The van der Waals surface area contributed by atoms with Crippen LogP contribution in [-0.2, 0) is 9.59 Å². The Morgan fingerprint density at radius 3 is 2.21 bits per heavy atom. The summed E-state index contributed by atoms with van der Waals surface area (Å²) in [5, 5.41) is 20.8. The van der Waals surface area contributed by atoms with Crippen LogP contribution in [0.3, 0.4) is 0 Å². The molecule has 5 aliphatic rings. The lowest BCUT2D eigenvalue weighted by Gasteiger charge is -2.67. The molecule has 0 aromatic rings. The van der Waals surface area contributed by atoms with Crippen molar-refractivity contribution in [3.63, 3.8) is 0 Å². The van der Waals surface area contributed by atoms with Crippen molar-refractivity contribution in [2.24, 2.45) is 50.7 Å². The van der Waals surface area contributed by atoms with Crippen LogP contribution in [0.15, 0.2) is 11.6 Å². The molecule has 0 aromatic carbocycles. The fourth-order valence-corrected chi connectivity index (χ4v) is 10.1. The maximum absolute atomic E-state index is 14.1. The molecule has 0 bridgehead atoms. The molecule has 0 saturated heterocycles. The number of aliphatic hydroxyl groups excluding tert-OH is 1. The summed E-state index contributed by atoms with van der Waals surface area (Å²) in [6, 6.07) is 0. The Bertz CT molecular complexity index is 919. The molecule has 0 heterocycles. The molecule has 8 unspecified atom stereocenters. The van der Waals surface area contributed by atoms with Gasteiger partial charge in [-0.3, -0.25) is 9.59 Å². The van der Waals surface area contributed by atoms with Gasteiger partial charge in [-0.15, -0.1) is 0 Å². The van der Waals surface area contributed by atoms with Crippen LogP contribution < -0.4 is 0 Å². The monoisotopic (exact) mass is 456 g/mol. The second-order valence-corrected chi connectivity index (χ2v) is 14.3. The maximum Gasteiger partial charge on any atom is 0.309 e. The first-order valence-electron chi connectivity index (χ1n) is 13.4. The van der Waals surface area contributed by atoms with Gasteiger partial charge >= 0.3 is 5.97 Å². The Labute approximate surface area is 199 Å². The van der Waals surface area contributed by atoms with Gasteiger partial charge in [0.15, 0.2) is 5.78 Å². The van der Waals surface area contributed by atoms with E-state index < -0.39 is 11.4 Å². The van der Waals surface area contributed by atoms with Crippen molar-refractivity contribution in [2.75, 3.05) is 0 Å². The number of aliphatic carboxylic acids is 1. The molecule has 9 atom stereocenters. The summed E-state index contributed by atoms with van der Waals surface area (Å²) in [6.07, 6.45) is 10.1. The Morgan fingerprint density at radius 2 is 1.55 bits per heavy atom. The quantitative estimate of drug-likeness (QED) is 0.506. The second-order valence-electron chi connectivity index (χ2n) is 14.3. The minimum absolute atomic E-state index is 0.00285. The molecule has 0 spiro atoms. The summed E-state index contributed by atoms with van der Waals surface area (Å²) in [7, 11) is 0. The normalized spacial score (nSPS) is 53.1. The SMILES string of the molecule is CC12CCC3C(=CC(=O)C4C3(C)CCC3C(C)(C)C(O)CCC34C)C1C[C@@](C)(C(=O)O)CC2. The lowest BCUT2D eigenvalue weighted by Crippen LogP contribution is -2.64. The van der Waals surface area contributed by atoms with Crippen molar-refractivity contribution in [3.8, 4) is 0 Å². The van der Waals surface area contributed by atoms with Crippen molar-refractivity contribution in [3.05, 3.63) is 11.6 Å². The average Bonchev–Trinajstić information content (AvgIpc) is 2.71. The highest BCUT2D eigenvalue weighted by Crippen LogP contribution is 2.71. The van der Waals surface area contributed by atoms with Gasteiger partial charge in [0, 0.05) is 5.92 Å². The molecule has 4 heteroatoms. The summed E-state index contributed by atoms with van der Waals surface area (Å²) in [4.78, 5) is 26.2. The van der Waals surface area contributed by atoms with E-state index in [-0.39, 0.29) is 45.4 Å². The van der Waals surface area contributed by atoms with Crippen molar-refractivity contribution in [1.82, 2.24) is 0 Å². The molecular formula is C29H44O4. The molecule has 0 aliphatic heterocycles. The third-order valence-corrected chi connectivity index (χ3v) is 12.3. The van der Waals surface area contributed by atoms with Crippen molar-refractivity contribution >= 4 is 11.8 Å². The van der Waals surface area contributed by atoms with E-state index in [9.17, 15) is 19.8 Å². The number of hydrogen-bond donors (Lipinski definition) is 2. The molecule has 0 aromatic heterocycles.